The molecule has 0 atom stereocenters. The van der Waals surface area contributed by atoms with Gasteiger partial charge in [-0.05, 0) is 95.5 Å². The molecule has 0 unspecified atom stereocenters. The topological polar surface area (TPSA) is 120 Å². The standard InChI is InChI=1S/C49H63N3O6/c1-8-9-10-11-12-13-14-15-16-17-34-50-42(53)32-22-36-18-24-38(25-19-36)45-46(39-28-30-41(31-29-39)56-35-44(55)58-49(5,6)7)52-47(51-45)40-26-20-37(21-27-40)23-33-43(54)57-48(2,3)4/h18-33H,8-17,34-35H2,1-7H3,(H,50,53)(H,51,52)/b32-22+,33-23+. The van der Waals surface area contributed by atoms with E-state index in [0.29, 0.717) is 18.1 Å². The van der Waals surface area contributed by atoms with Crippen LogP contribution in [0.5, 0.6) is 5.75 Å². The van der Waals surface area contributed by atoms with E-state index < -0.39 is 23.1 Å². The van der Waals surface area contributed by atoms with Crippen LogP contribution in [-0.2, 0) is 23.9 Å². The molecule has 2 N–H and O–H groups in total. The Balaban J connectivity index is 1.44. The molecule has 0 aliphatic heterocycles. The van der Waals surface area contributed by atoms with Gasteiger partial charge >= 0.3 is 11.9 Å². The largest absolute Gasteiger partial charge is 0.482 e. The second kappa shape index (κ2) is 22.5. The van der Waals surface area contributed by atoms with Gasteiger partial charge in [0.2, 0.25) is 5.91 Å². The van der Waals surface area contributed by atoms with E-state index in [1.54, 1.807) is 24.3 Å². The molecule has 0 spiro atoms. The first-order valence-corrected chi connectivity index (χ1v) is 20.8. The van der Waals surface area contributed by atoms with E-state index in [2.05, 4.69) is 17.2 Å². The smallest absolute Gasteiger partial charge is 0.344 e. The quantitative estimate of drug-likeness (QED) is 0.0490. The minimum atomic E-state index is -0.593. The summed E-state index contributed by atoms with van der Waals surface area (Å²) in [7, 11) is 0. The number of aromatic amines is 1. The lowest BCUT2D eigenvalue weighted by Crippen LogP contribution is -2.27. The van der Waals surface area contributed by atoms with Crippen LogP contribution in [0.3, 0.4) is 0 Å². The van der Waals surface area contributed by atoms with Crippen LogP contribution in [0.15, 0.2) is 84.9 Å². The van der Waals surface area contributed by atoms with Crippen LogP contribution in [0, 0.1) is 0 Å². The number of nitrogens with one attached hydrogen (secondary N) is 2. The lowest BCUT2D eigenvalue weighted by molar-refractivity contribution is -0.157. The van der Waals surface area contributed by atoms with Gasteiger partial charge in [-0.2, -0.15) is 0 Å². The molecule has 0 aliphatic carbocycles. The fraction of sp³-hybridized carbons (Fsp3) is 0.429. The van der Waals surface area contributed by atoms with Crippen molar-refractivity contribution in [3.8, 4) is 39.7 Å². The zero-order valence-corrected chi connectivity index (χ0v) is 35.6. The van der Waals surface area contributed by atoms with Gasteiger partial charge in [0.15, 0.2) is 6.61 Å². The van der Waals surface area contributed by atoms with Gasteiger partial charge in [0, 0.05) is 35.4 Å². The van der Waals surface area contributed by atoms with Crippen LogP contribution in [0.2, 0.25) is 0 Å². The van der Waals surface area contributed by atoms with E-state index in [1.807, 2.05) is 108 Å². The number of benzene rings is 3. The summed E-state index contributed by atoms with van der Waals surface area (Å²) in [6.07, 6.45) is 19.2. The maximum atomic E-state index is 12.5. The number of H-pyrrole nitrogens is 1. The summed E-state index contributed by atoms with van der Waals surface area (Å²) in [4.78, 5) is 45.5. The maximum Gasteiger partial charge on any atom is 0.344 e. The van der Waals surface area contributed by atoms with Crippen LogP contribution in [0.4, 0.5) is 0 Å². The molecule has 1 heterocycles. The third kappa shape index (κ3) is 16.6. The summed E-state index contributed by atoms with van der Waals surface area (Å²) >= 11 is 0. The summed E-state index contributed by atoms with van der Waals surface area (Å²) in [6, 6.07) is 23.1. The molecule has 58 heavy (non-hydrogen) atoms. The molecule has 0 fully saturated rings. The van der Waals surface area contributed by atoms with Gasteiger partial charge in [0.05, 0.1) is 11.4 Å². The fourth-order valence-electron chi connectivity index (χ4n) is 6.22. The number of carbonyl (C=O) groups excluding carboxylic acids is 3. The Morgan fingerprint density at radius 1 is 0.638 bits per heavy atom. The first-order chi connectivity index (χ1) is 27.7. The Morgan fingerprint density at radius 2 is 1.16 bits per heavy atom. The van der Waals surface area contributed by atoms with Gasteiger partial charge in [0.1, 0.15) is 22.8 Å². The first-order valence-electron chi connectivity index (χ1n) is 20.8. The average molecular weight is 790 g/mol. The number of unbranched alkanes of at least 4 members (excludes halogenated alkanes) is 9. The number of rotatable bonds is 21. The summed E-state index contributed by atoms with van der Waals surface area (Å²) in [5.41, 5.74) is 4.77. The van der Waals surface area contributed by atoms with Crippen LogP contribution in [-0.4, -0.2) is 52.2 Å². The van der Waals surface area contributed by atoms with E-state index in [4.69, 9.17) is 19.2 Å². The van der Waals surface area contributed by atoms with Gasteiger partial charge in [-0.3, -0.25) is 4.79 Å². The molecule has 9 heteroatoms. The van der Waals surface area contributed by atoms with Crippen molar-refractivity contribution in [1.82, 2.24) is 15.3 Å². The minimum Gasteiger partial charge on any atom is -0.482 e. The molecule has 0 bridgehead atoms. The summed E-state index contributed by atoms with van der Waals surface area (Å²) in [5, 5.41) is 3.01. The molecule has 1 amide bonds. The Hall–Kier alpha value is -5.44. The van der Waals surface area contributed by atoms with E-state index in [9.17, 15) is 14.4 Å². The highest BCUT2D eigenvalue weighted by Crippen LogP contribution is 2.34. The molecule has 0 saturated heterocycles. The number of hydrogen-bond acceptors (Lipinski definition) is 7. The predicted octanol–water partition coefficient (Wildman–Crippen LogP) is 11.5. The highest BCUT2D eigenvalue weighted by atomic mass is 16.6. The molecule has 9 nitrogen and oxygen atoms in total. The third-order valence-corrected chi connectivity index (χ3v) is 9.07. The molecule has 3 aromatic carbocycles. The van der Waals surface area contributed by atoms with Crippen molar-refractivity contribution in [2.24, 2.45) is 0 Å². The number of amides is 1. The predicted molar refractivity (Wildman–Crippen MR) is 235 cm³/mol. The van der Waals surface area contributed by atoms with Gasteiger partial charge in [-0.25, -0.2) is 14.6 Å². The Kier molecular flexibility index (Phi) is 17.5. The summed E-state index contributed by atoms with van der Waals surface area (Å²) < 4.78 is 16.4. The number of ether oxygens (including phenoxy) is 3. The van der Waals surface area contributed by atoms with Crippen molar-refractivity contribution < 1.29 is 28.6 Å². The zero-order valence-electron chi connectivity index (χ0n) is 35.6. The third-order valence-electron chi connectivity index (χ3n) is 9.07. The monoisotopic (exact) mass is 789 g/mol. The maximum absolute atomic E-state index is 12.5. The summed E-state index contributed by atoms with van der Waals surface area (Å²) in [5.74, 6) is 0.268. The van der Waals surface area contributed by atoms with Crippen LogP contribution < -0.4 is 10.1 Å². The highest BCUT2D eigenvalue weighted by Gasteiger charge is 2.18. The van der Waals surface area contributed by atoms with Crippen molar-refractivity contribution in [2.45, 2.75) is 124 Å². The molecular weight excluding hydrogens is 727 g/mol. The molecular formula is C49H63N3O6. The van der Waals surface area contributed by atoms with Gasteiger partial charge < -0.3 is 24.5 Å². The first kappa shape index (κ1) is 45.3. The summed E-state index contributed by atoms with van der Waals surface area (Å²) in [6.45, 7) is 13.7. The number of aromatic nitrogens is 2. The van der Waals surface area contributed by atoms with Crippen molar-refractivity contribution >= 4 is 30.0 Å². The number of carbonyl (C=O) groups is 3. The average Bonchev–Trinajstić information content (AvgIpc) is 3.62. The van der Waals surface area contributed by atoms with E-state index >= 15 is 0 Å². The van der Waals surface area contributed by atoms with Gasteiger partial charge in [-0.1, -0.05) is 113 Å². The highest BCUT2D eigenvalue weighted by molar-refractivity contribution is 5.92. The van der Waals surface area contributed by atoms with Crippen molar-refractivity contribution in [2.75, 3.05) is 13.2 Å². The molecule has 4 aromatic rings. The number of nitrogens with zero attached hydrogens (tertiary/aromatic N) is 1. The molecule has 0 saturated carbocycles. The number of hydrogen-bond donors (Lipinski definition) is 2. The molecule has 1 aromatic heterocycles. The van der Waals surface area contributed by atoms with Crippen LogP contribution in [0.25, 0.3) is 46.1 Å². The van der Waals surface area contributed by atoms with E-state index in [1.165, 1.54) is 57.4 Å². The Morgan fingerprint density at radius 3 is 1.72 bits per heavy atom. The fourth-order valence-corrected chi connectivity index (χ4v) is 6.22. The van der Waals surface area contributed by atoms with E-state index in [-0.39, 0.29) is 12.5 Å². The molecule has 0 aliphatic rings. The number of imidazole rings is 1. The Labute approximate surface area is 345 Å². The van der Waals surface area contributed by atoms with Gasteiger partial charge in [-0.15, -0.1) is 0 Å². The van der Waals surface area contributed by atoms with Crippen LogP contribution >= 0.6 is 0 Å². The molecule has 0 radical (unpaired) electrons. The number of esters is 2. The van der Waals surface area contributed by atoms with Crippen LogP contribution in [0.1, 0.15) is 124 Å². The SMILES string of the molecule is CCCCCCCCCCCCNC(=O)/C=C/c1ccc(-c2[nH]c(-c3ccc(/C=C/C(=O)OC(C)(C)C)cc3)nc2-c2ccc(OCC(=O)OC(C)(C)C)cc2)cc1. The van der Waals surface area contributed by atoms with Gasteiger partial charge in [0.25, 0.3) is 0 Å². The second-order valence-electron chi connectivity index (χ2n) is 16.6. The molecule has 310 valence electrons. The molecule has 4 rings (SSSR count). The van der Waals surface area contributed by atoms with Crippen molar-refractivity contribution in [3.63, 3.8) is 0 Å². The Bertz CT molecular complexity index is 1940. The lowest BCUT2D eigenvalue weighted by atomic mass is 10.0. The van der Waals surface area contributed by atoms with Crippen molar-refractivity contribution in [3.05, 3.63) is 96.1 Å². The normalized spacial score (nSPS) is 11.9. The minimum absolute atomic E-state index is 0.0923. The zero-order chi connectivity index (χ0) is 42.0. The van der Waals surface area contributed by atoms with Crippen molar-refractivity contribution in [1.29, 1.82) is 0 Å². The van der Waals surface area contributed by atoms with E-state index in [0.717, 1.165) is 52.0 Å². The second-order valence-corrected chi connectivity index (χ2v) is 16.6. The lowest BCUT2D eigenvalue weighted by Gasteiger charge is -2.19.